The van der Waals surface area contributed by atoms with Crippen molar-refractivity contribution in [3.63, 3.8) is 0 Å². The average Bonchev–Trinajstić information content (AvgIpc) is 3.38. The van der Waals surface area contributed by atoms with Crippen molar-refractivity contribution in [2.75, 3.05) is 11.9 Å². The predicted molar refractivity (Wildman–Crippen MR) is 117 cm³/mol. The smallest absolute Gasteiger partial charge is 0.451 e. The number of carbonyl (C=O) groups excluding carboxylic acids is 2. The van der Waals surface area contributed by atoms with Crippen LogP contribution in [0, 0.1) is 18.6 Å². The molecule has 0 radical (unpaired) electrons. The zero-order chi connectivity index (χ0) is 26.4. The highest BCUT2D eigenvalue weighted by atomic mass is 19.4. The molecule has 2 N–H and O–H groups in total. The molecule has 1 saturated heterocycles. The van der Waals surface area contributed by atoms with Crippen LogP contribution in [0.15, 0.2) is 40.0 Å². The van der Waals surface area contributed by atoms with Crippen molar-refractivity contribution in [1.82, 2.24) is 10.0 Å². The second kappa shape index (κ2) is 9.23. The summed E-state index contributed by atoms with van der Waals surface area (Å²) in [6.07, 6.45) is -3.21. The van der Waals surface area contributed by atoms with Gasteiger partial charge in [-0.3, -0.25) is 14.6 Å². The molecule has 1 fully saturated rings. The lowest BCUT2D eigenvalue weighted by Gasteiger charge is -2.48. The molecule has 3 heterocycles. The molecule has 194 valence electrons. The number of benzene rings is 1. The van der Waals surface area contributed by atoms with Gasteiger partial charge in [0.2, 0.25) is 5.76 Å². The lowest BCUT2D eigenvalue weighted by atomic mass is 9.84. The first-order chi connectivity index (χ1) is 16.9. The van der Waals surface area contributed by atoms with Crippen LogP contribution in [0.4, 0.5) is 27.6 Å². The van der Waals surface area contributed by atoms with Gasteiger partial charge in [0.1, 0.15) is 17.1 Å². The Morgan fingerprint density at radius 3 is 2.67 bits per heavy atom. The van der Waals surface area contributed by atoms with Gasteiger partial charge in [-0.15, -0.1) is 0 Å². The monoisotopic (exact) mass is 513 g/mol. The highest BCUT2D eigenvalue weighted by Crippen LogP contribution is 2.45. The maximum absolute atomic E-state index is 14.5. The number of aliphatic hydroxyl groups is 1. The van der Waals surface area contributed by atoms with Crippen LogP contribution >= 0.6 is 0 Å². The van der Waals surface area contributed by atoms with Crippen molar-refractivity contribution in [2.45, 2.75) is 57.8 Å². The summed E-state index contributed by atoms with van der Waals surface area (Å²) >= 11 is 0. The van der Waals surface area contributed by atoms with Crippen LogP contribution in [-0.4, -0.2) is 39.0 Å². The highest BCUT2D eigenvalue weighted by Gasteiger charge is 2.55. The van der Waals surface area contributed by atoms with Gasteiger partial charge in [-0.05, 0) is 32.3 Å². The standard InChI is InChI=1S/C24H24F5N3O4/c1-3-8-23-9-5-10-32(23)31(12-14-6-4-7-15(25)18(14)26)22(35)17(19(23)33)21(34)30-16-11-13(2)36-20(16)24(27,28)29/h4,6-7,11,33H,3,5,8-10,12H2,1-2H3,(H,30,34)/t23-/m1/s1. The summed E-state index contributed by atoms with van der Waals surface area (Å²) in [7, 11) is 0. The molecular formula is C24H24F5N3O4. The lowest BCUT2D eigenvalue weighted by molar-refractivity contribution is -0.163. The summed E-state index contributed by atoms with van der Waals surface area (Å²) in [6, 6.07) is 4.43. The fourth-order valence-electron chi connectivity index (χ4n) is 5.01. The van der Waals surface area contributed by atoms with Crippen LogP contribution in [0.2, 0.25) is 0 Å². The number of halogens is 5. The second-order valence-electron chi connectivity index (χ2n) is 8.86. The Kier molecular flexibility index (Phi) is 6.58. The average molecular weight is 513 g/mol. The number of amides is 2. The molecule has 0 aliphatic carbocycles. The van der Waals surface area contributed by atoms with Crippen LogP contribution < -0.4 is 5.32 Å². The number of nitrogens with zero attached hydrogens (tertiary/aromatic N) is 2. The van der Waals surface area contributed by atoms with E-state index in [-0.39, 0.29) is 11.3 Å². The van der Waals surface area contributed by atoms with Gasteiger partial charge in [0.15, 0.2) is 11.6 Å². The van der Waals surface area contributed by atoms with Gasteiger partial charge in [0.25, 0.3) is 11.8 Å². The normalized spacial score (nSPS) is 20.8. The number of carbonyl (C=O) groups is 2. The molecule has 1 aromatic carbocycles. The van der Waals surface area contributed by atoms with Gasteiger partial charge in [-0.1, -0.05) is 25.5 Å². The minimum absolute atomic E-state index is 0.126. The number of furan rings is 1. The third-order valence-corrected chi connectivity index (χ3v) is 6.47. The molecule has 36 heavy (non-hydrogen) atoms. The van der Waals surface area contributed by atoms with E-state index in [4.69, 9.17) is 0 Å². The number of aryl methyl sites for hydroxylation is 1. The van der Waals surface area contributed by atoms with Crippen molar-refractivity contribution in [3.05, 3.63) is 64.3 Å². The van der Waals surface area contributed by atoms with Crippen molar-refractivity contribution < 1.29 is 41.1 Å². The van der Waals surface area contributed by atoms with E-state index >= 15 is 0 Å². The molecular weight excluding hydrogens is 489 g/mol. The molecule has 0 bridgehead atoms. The number of hydrogen-bond donors (Lipinski definition) is 2. The number of anilines is 1. The number of hydrazine groups is 1. The molecule has 2 aliphatic heterocycles. The zero-order valence-electron chi connectivity index (χ0n) is 19.5. The largest absolute Gasteiger partial charge is 0.509 e. The van der Waals surface area contributed by atoms with E-state index in [9.17, 15) is 36.6 Å². The number of aliphatic hydroxyl groups excluding tert-OH is 1. The quantitative estimate of drug-likeness (QED) is 0.408. The van der Waals surface area contributed by atoms with Crippen LogP contribution in [0.5, 0.6) is 0 Å². The summed E-state index contributed by atoms with van der Waals surface area (Å²) in [5, 5.41) is 15.8. The first kappa shape index (κ1) is 25.7. The number of alkyl halides is 3. The topological polar surface area (TPSA) is 86.0 Å². The molecule has 0 unspecified atom stereocenters. The van der Waals surface area contributed by atoms with Crippen LogP contribution in [0.25, 0.3) is 0 Å². The first-order valence-corrected chi connectivity index (χ1v) is 11.4. The molecule has 0 saturated carbocycles. The van der Waals surface area contributed by atoms with Crippen LogP contribution in [0.3, 0.4) is 0 Å². The number of nitrogens with one attached hydrogen (secondary N) is 1. The minimum Gasteiger partial charge on any atom is -0.509 e. The summed E-state index contributed by atoms with van der Waals surface area (Å²) < 4.78 is 73.1. The summed E-state index contributed by atoms with van der Waals surface area (Å²) in [6.45, 7) is 2.93. The van der Waals surface area contributed by atoms with E-state index in [1.165, 1.54) is 19.1 Å². The Balaban J connectivity index is 1.78. The summed E-state index contributed by atoms with van der Waals surface area (Å²) in [5.74, 6) is -6.75. The SMILES string of the molecule is CCC[C@]12CCCN1N(Cc1cccc(F)c1F)C(=O)C(C(=O)Nc1cc(C)oc1C(F)(F)F)=C2O. The van der Waals surface area contributed by atoms with Crippen molar-refractivity contribution in [1.29, 1.82) is 0 Å². The molecule has 12 heteroatoms. The zero-order valence-corrected chi connectivity index (χ0v) is 19.5. The maximum Gasteiger partial charge on any atom is 0.451 e. The Bertz CT molecular complexity index is 1240. The van der Waals surface area contributed by atoms with Gasteiger partial charge >= 0.3 is 6.18 Å². The van der Waals surface area contributed by atoms with Gasteiger partial charge in [-0.2, -0.15) is 13.2 Å². The van der Waals surface area contributed by atoms with Crippen molar-refractivity contribution in [2.24, 2.45) is 0 Å². The van der Waals surface area contributed by atoms with Crippen LogP contribution in [-0.2, 0) is 22.3 Å². The molecule has 1 atom stereocenters. The maximum atomic E-state index is 14.5. The molecule has 2 aliphatic rings. The fraction of sp³-hybridized carbons (Fsp3) is 0.417. The van der Waals surface area contributed by atoms with E-state index in [2.05, 4.69) is 4.42 Å². The molecule has 1 aromatic heterocycles. The van der Waals surface area contributed by atoms with Crippen molar-refractivity contribution in [3.8, 4) is 0 Å². The lowest BCUT2D eigenvalue weighted by Crippen LogP contribution is -2.61. The Morgan fingerprint density at radius 2 is 2.00 bits per heavy atom. The third kappa shape index (κ3) is 4.23. The predicted octanol–water partition coefficient (Wildman–Crippen LogP) is 5.23. The van der Waals surface area contributed by atoms with E-state index in [1.807, 2.05) is 12.2 Å². The summed E-state index contributed by atoms with van der Waals surface area (Å²) in [4.78, 5) is 26.7. The molecule has 2 aromatic rings. The molecule has 4 rings (SSSR count). The van der Waals surface area contributed by atoms with E-state index in [1.54, 1.807) is 5.01 Å². The Hall–Kier alpha value is -3.41. The second-order valence-corrected chi connectivity index (χ2v) is 8.86. The first-order valence-electron chi connectivity index (χ1n) is 11.4. The van der Waals surface area contributed by atoms with Crippen LogP contribution in [0.1, 0.15) is 49.7 Å². The van der Waals surface area contributed by atoms with Crippen molar-refractivity contribution >= 4 is 17.5 Å². The van der Waals surface area contributed by atoms with E-state index < -0.39 is 64.5 Å². The van der Waals surface area contributed by atoms with E-state index in [0.717, 1.165) is 17.1 Å². The van der Waals surface area contributed by atoms with E-state index in [0.29, 0.717) is 32.2 Å². The number of hydrogen-bond acceptors (Lipinski definition) is 5. The van der Waals surface area contributed by atoms with Gasteiger partial charge in [-0.25, -0.2) is 13.8 Å². The third-order valence-electron chi connectivity index (χ3n) is 6.47. The number of fused-ring (bicyclic) bond motifs is 1. The Morgan fingerprint density at radius 1 is 1.28 bits per heavy atom. The Labute approximate surface area is 203 Å². The van der Waals surface area contributed by atoms with Gasteiger partial charge < -0.3 is 14.8 Å². The van der Waals surface area contributed by atoms with Gasteiger partial charge in [0.05, 0.1) is 17.8 Å². The summed E-state index contributed by atoms with van der Waals surface area (Å²) in [5.41, 5.74) is -2.82. The molecule has 0 spiro atoms. The molecule has 2 amide bonds. The fourth-order valence-corrected chi connectivity index (χ4v) is 5.01. The van der Waals surface area contributed by atoms with Gasteiger partial charge in [0, 0.05) is 18.2 Å². The minimum atomic E-state index is -4.92. The highest BCUT2D eigenvalue weighted by molar-refractivity contribution is 6.23. The number of rotatable bonds is 6. The molecule has 7 nitrogen and oxygen atoms in total.